The number of aromatic nitrogens is 4. The third kappa shape index (κ3) is 2.89. The van der Waals surface area contributed by atoms with Crippen molar-refractivity contribution in [1.29, 1.82) is 0 Å². The maximum absolute atomic E-state index is 10.7. The van der Waals surface area contributed by atoms with Crippen LogP contribution in [0, 0.1) is 17.8 Å². The van der Waals surface area contributed by atoms with Crippen LogP contribution in [-0.4, -0.2) is 58.5 Å². The number of aliphatic hydroxyl groups is 2. The number of nitrogens with two attached hydrogens (primary N) is 1. The Morgan fingerprint density at radius 3 is 2.45 bits per heavy atom. The number of ether oxygens (including phenoxy) is 1. The highest BCUT2D eigenvalue weighted by molar-refractivity contribution is 8.00. The van der Waals surface area contributed by atoms with Gasteiger partial charge in [-0.2, -0.15) is 11.8 Å². The van der Waals surface area contributed by atoms with Crippen LogP contribution >= 0.6 is 11.8 Å². The Morgan fingerprint density at radius 2 is 1.76 bits per heavy atom. The summed E-state index contributed by atoms with van der Waals surface area (Å²) in [6, 6.07) is 0. The molecule has 2 aromatic rings. The van der Waals surface area contributed by atoms with Gasteiger partial charge in [-0.15, -0.1) is 0 Å². The molecule has 5 aliphatic rings. The molecule has 8 nitrogen and oxygen atoms in total. The molecule has 1 saturated heterocycles. The lowest BCUT2D eigenvalue weighted by Gasteiger charge is -2.56. The third-order valence-corrected chi connectivity index (χ3v) is 9.14. The number of hydrogen-bond acceptors (Lipinski definition) is 8. The summed E-state index contributed by atoms with van der Waals surface area (Å²) in [7, 11) is 0. The molecular weight excluding hydrogens is 390 g/mol. The lowest BCUT2D eigenvalue weighted by molar-refractivity contribution is -0.0291. The summed E-state index contributed by atoms with van der Waals surface area (Å²) in [6.45, 7) is 0. The number of thioether (sulfide) groups is 1. The molecule has 0 aromatic carbocycles. The second-order valence-electron chi connectivity index (χ2n) is 9.54. The number of nitrogens with zero attached hydrogens (tertiary/aromatic N) is 4. The fraction of sp³-hybridized carbons (Fsp3) is 0.750. The van der Waals surface area contributed by atoms with Gasteiger partial charge in [0.15, 0.2) is 17.7 Å². The number of imidazole rings is 1. The number of hydrogen-bond donors (Lipinski definition) is 3. The first kappa shape index (κ1) is 18.4. The lowest BCUT2D eigenvalue weighted by Crippen LogP contribution is -2.49. The largest absolute Gasteiger partial charge is 0.387 e. The average molecular weight is 418 g/mol. The fourth-order valence-electron chi connectivity index (χ4n) is 6.62. The highest BCUT2D eigenvalue weighted by atomic mass is 32.2. The number of nitrogen functional groups attached to an aromatic ring is 1. The summed E-state index contributed by atoms with van der Waals surface area (Å²) < 4.78 is 8.14. The van der Waals surface area contributed by atoms with E-state index in [4.69, 9.17) is 10.5 Å². The molecule has 4 aliphatic carbocycles. The Balaban J connectivity index is 1.19. The maximum atomic E-state index is 10.7. The van der Waals surface area contributed by atoms with Crippen molar-refractivity contribution in [1.82, 2.24) is 19.5 Å². The third-order valence-electron chi connectivity index (χ3n) is 7.53. The van der Waals surface area contributed by atoms with Crippen molar-refractivity contribution in [2.45, 2.75) is 67.8 Å². The first-order chi connectivity index (χ1) is 14.0. The molecule has 29 heavy (non-hydrogen) atoms. The highest BCUT2D eigenvalue weighted by Crippen LogP contribution is 2.60. The summed E-state index contributed by atoms with van der Waals surface area (Å²) in [4.78, 5) is 12.4. The molecule has 4 N–H and O–H groups in total. The second kappa shape index (κ2) is 6.54. The van der Waals surface area contributed by atoms with Crippen LogP contribution in [0.15, 0.2) is 12.7 Å². The van der Waals surface area contributed by atoms with Gasteiger partial charge < -0.3 is 20.7 Å². The Kier molecular flexibility index (Phi) is 4.14. The number of aliphatic hydroxyl groups excluding tert-OH is 2. The molecule has 4 saturated carbocycles. The number of rotatable bonds is 4. The van der Waals surface area contributed by atoms with E-state index in [9.17, 15) is 10.2 Å². The van der Waals surface area contributed by atoms with Crippen molar-refractivity contribution in [2.24, 2.45) is 17.8 Å². The van der Waals surface area contributed by atoms with E-state index in [1.165, 1.54) is 44.9 Å². The van der Waals surface area contributed by atoms with E-state index in [0.29, 0.717) is 21.7 Å². The molecule has 1 aliphatic heterocycles. The van der Waals surface area contributed by atoms with Gasteiger partial charge >= 0.3 is 0 Å². The Labute approximate surface area is 173 Å². The van der Waals surface area contributed by atoms with E-state index in [1.807, 2.05) is 11.8 Å². The van der Waals surface area contributed by atoms with Crippen LogP contribution < -0.4 is 5.73 Å². The van der Waals surface area contributed by atoms with Crippen LogP contribution in [0.25, 0.3) is 11.2 Å². The molecular formula is C20H27N5O3S. The predicted molar refractivity (Wildman–Crippen MR) is 109 cm³/mol. The van der Waals surface area contributed by atoms with Crippen molar-refractivity contribution in [3.63, 3.8) is 0 Å². The lowest BCUT2D eigenvalue weighted by atomic mass is 9.56. The minimum atomic E-state index is -1.04. The molecule has 0 unspecified atom stereocenters. The first-order valence-electron chi connectivity index (χ1n) is 10.6. The van der Waals surface area contributed by atoms with Crippen LogP contribution in [-0.2, 0) is 4.74 Å². The van der Waals surface area contributed by atoms with Crippen molar-refractivity contribution in [3.05, 3.63) is 12.7 Å². The zero-order valence-electron chi connectivity index (χ0n) is 16.2. The molecule has 0 radical (unpaired) electrons. The van der Waals surface area contributed by atoms with Gasteiger partial charge in [0.05, 0.1) is 12.4 Å². The van der Waals surface area contributed by atoms with Gasteiger partial charge in [-0.3, -0.25) is 4.57 Å². The topological polar surface area (TPSA) is 119 Å². The first-order valence-corrected chi connectivity index (χ1v) is 11.6. The van der Waals surface area contributed by atoms with Crippen molar-refractivity contribution < 1.29 is 14.9 Å². The van der Waals surface area contributed by atoms with E-state index in [1.54, 1.807) is 10.9 Å². The van der Waals surface area contributed by atoms with Crippen molar-refractivity contribution in [3.8, 4) is 0 Å². The minimum Gasteiger partial charge on any atom is -0.387 e. The average Bonchev–Trinajstić information content (AvgIpc) is 3.22. The van der Waals surface area contributed by atoms with Crippen LogP contribution in [0.1, 0.15) is 44.8 Å². The van der Waals surface area contributed by atoms with Gasteiger partial charge in [-0.1, -0.05) is 0 Å². The quantitative estimate of drug-likeness (QED) is 0.688. The Bertz CT molecular complexity index is 901. The molecule has 2 aromatic heterocycles. The molecule has 3 heterocycles. The second-order valence-corrected chi connectivity index (χ2v) is 11.0. The van der Waals surface area contributed by atoms with Gasteiger partial charge in [0.1, 0.15) is 24.1 Å². The standard InChI is InChI=1S/C20H27N5O3S/c21-17-14-18(23-8-22-17)25(9-24-14)19-16(27)15(26)13(28-19)7-29-20-4-10-1-11(5-20)3-12(2-10)6-20/h8-13,15-16,19,26-27H,1-7H2,(H2,21,22,23)/t10?,11?,12?,13-,15-,16-,19-,20?/m1/s1. The van der Waals surface area contributed by atoms with Crippen molar-refractivity contribution in [2.75, 3.05) is 11.5 Å². The van der Waals surface area contributed by atoms with Gasteiger partial charge in [0.25, 0.3) is 0 Å². The number of anilines is 1. The zero-order chi connectivity index (χ0) is 19.8. The summed E-state index contributed by atoms with van der Waals surface area (Å²) in [6.07, 6.45) is 7.98. The maximum Gasteiger partial charge on any atom is 0.167 e. The molecule has 0 amide bonds. The van der Waals surface area contributed by atoms with Gasteiger partial charge in [0, 0.05) is 10.5 Å². The highest BCUT2D eigenvalue weighted by Gasteiger charge is 2.52. The van der Waals surface area contributed by atoms with E-state index in [2.05, 4.69) is 15.0 Å². The SMILES string of the molecule is Nc1ncnc2c1ncn2[C@@H]1O[C@H](CSC23CC4CC(CC(C4)C2)C3)[C@@H](O)[C@H]1O. The van der Waals surface area contributed by atoms with Crippen LogP contribution in [0.5, 0.6) is 0 Å². The number of fused-ring (bicyclic) bond motifs is 1. The molecule has 0 spiro atoms. The molecule has 4 atom stereocenters. The molecule has 4 bridgehead atoms. The van der Waals surface area contributed by atoms with Crippen LogP contribution in [0.3, 0.4) is 0 Å². The Morgan fingerprint density at radius 1 is 1.07 bits per heavy atom. The normalized spacial score (nSPS) is 43.4. The predicted octanol–water partition coefficient (Wildman–Crippen LogP) is 1.73. The summed E-state index contributed by atoms with van der Waals surface area (Å²) in [5.41, 5.74) is 6.85. The molecule has 156 valence electrons. The molecule has 5 fully saturated rings. The monoisotopic (exact) mass is 417 g/mol. The zero-order valence-corrected chi connectivity index (χ0v) is 17.0. The summed E-state index contributed by atoms with van der Waals surface area (Å²) >= 11 is 1.98. The van der Waals surface area contributed by atoms with E-state index in [-0.39, 0.29) is 5.82 Å². The fourth-order valence-corrected chi connectivity index (χ4v) is 8.47. The molecule has 9 heteroatoms. The Hall–Kier alpha value is -1.42. The van der Waals surface area contributed by atoms with E-state index >= 15 is 0 Å². The summed E-state index contributed by atoms with van der Waals surface area (Å²) in [5.74, 6) is 3.66. The molecule has 7 rings (SSSR count). The summed E-state index contributed by atoms with van der Waals surface area (Å²) in [5, 5.41) is 21.4. The van der Waals surface area contributed by atoms with E-state index < -0.39 is 24.5 Å². The van der Waals surface area contributed by atoms with Crippen LogP contribution in [0.2, 0.25) is 0 Å². The van der Waals surface area contributed by atoms with Crippen molar-refractivity contribution >= 4 is 28.7 Å². The minimum absolute atomic E-state index is 0.288. The van der Waals surface area contributed by atoms with Crippen LogP contribution in [0.4, 0.5) is 5.82 Å². The smallest absolute Gasteiger partial charge is 0.167 e. The van der Waals surface area contributed by atoms with E-state index in [0.717, 1.165) is 17.8 Å². The van der Waals surface area contributed by atoms with Gasteiger partial charge in [0.2, 0.25) is 0 Å². The van der Waals surface area contributed by atoms with Gasteiger partial charge in [-0.25, -0.2) is 15.0 Å². The van der Waals surface area contributed by atoms with Gasteiger partial charge in [-0.05, 0) is 56.3 Å².